The van der Waals surface area contributed by atoms with Gasteiger partial charge in [0.25, 0.3) is 8.32 Å². The minimum atomic E-state index is -2.93. The molecule has 174 valence electrons. The van der Waals surface area contributed by atoms with Crippen molar-refractivity contribution in [2.75, 3.05) is 6.61 Å². The van der Waals surface area contributed by atoms with Crippen molar-refractivity contribution in [2.45, 2.75) is 76.1 Å². The van der Waals surface area contributed by atoms with Gasteiger partial charge in [0.05, 0.1) is 6.61 Å². The van der Waals surface area contributed by atoms with Crippen LogP contribution >= 0.6 is 0 Å². The topological polar surface area (TPSA) is 77.4 Å². The number of benzene rings is 2. The molecule has 2 aromatic carbocycles. The molecular formula is C25H34O6Si. The van der Waals surface area contributed by atoms with Crippen LogP contribution < -0.4 is 10.4 Å². The monoisotopic (exact) mass is 458 g/mol. The zero-order valence-corrected chi connectivity index (χ0v) is 20.4. The van der Waals surface area contributed by atoms with Crippen molar-refractivity contribution in [1.82, 2.24) is 0 Å². The lowest BCUT2D eigenvalue weighted by Gasteiger charge is -2.46. The van der Waals surface area contributed by atoms with Gasteiger partial charge in [-0.1, -0.05) is 81.4 Å². The maximum Gasteiger partial charge on any atom is 0.261 e. The highest BCUT2D eigenvalue weighted by Crippen LogP contribution is 2.44. The first-order valence-electron chi connectivity index (χ1n) is 11.2. The van der Waals surface area contributed by atoms with Crippen LogP contribution in [0.25, 0.3) is 0 Å². The molecule has 0 bridgehead atoms. The lowest BCUT2D eigenvalue weighted by molar-refractivity contribution is -0.226. The van der Waals surface area contributed by atoms with Crippen LogP contribution in [0.3, 0.4) is 0 Å². The van der Waals surface area contributed by atoms with Gasteiger partial charge in [-0.05, 0) is 29.3 Å². The fourth-order valence-corrected chi connectivity index (χ4v) is 9.64. The van der Waals surface area contributed by atoms with Gasteiger partial charge >= 0.3 is 0 Å². The van der Waals surface area contributed by atoms with Crippen LogP contribution in [0.4, 0.5) is 0 Å². The van der Waals surface area contributed by atoms with Crippen molar-refractivity contribution in [3.63, 3.8) is 0 Å². The highest BCUT2D eigenvalue weighted by atomic mass is 28.4. The summed E-state index contributed by atoms with van der Waals surface area (Å²) in [6.07, 6.45) is -3.68. The van der Waals surface area contributed by atoms with E-state index in [4.69, 9.17) is 18.6 Å². The molecule has 4 rings (SSSR count). The van der Waals surface area contributed by atoms with E-state index in [0.29, 0.717) is 0 Å². The Morgan fingerprint density at radius 1 is 0.969 bits per heavy atom. The van der Waals surface area contributed by atoms with Gasteiger partial charge in [0.15, 0.2) is 12.1 Å². The molecule has 0 aliphatic carbocycles. The standard InChI is InChI=1S/C25H34O6Si/c1-24(2,3)32(17-12-8-6-9-13-17,18-14-10-7-11-15-18)31-21-20(19(27)16-26)28-23-22(21)29-25(4,5)30-23/h6-15,19-23,26-27H,16H2,1-5H3/t19-,20-,21+,22-,23-/m0/s1. The van der Waals surface area contributed by atoms with Crippen molar-refractivity contribution in [3.05, 3.63) is 60.7 Å². The van der Waals surface area contributed by atoms with Gasteiger partial charge in [0.2, 0.25) is 0 Å². The molecule has 6 nitrogen and oxygen atoms in total. The summed E-state index contributed by atoms with van der Waals surface area (Å²) < 4.78 is 25.4. The minimum Gasteiger partial charge on any atom is -0.399 e. The number of fused-ring (bicyclic) bond motifs is 1. The van der Waals surface area contributed by atoms with E-state index in [-0.39, 0.29) is 5.04 Å². The molecule has 7 heteroatoms. The first kappa shape index (κ1) is 23.6. The molecular weight excluding hydrogens is 424 g/mol. The van der Waals surface area contributed by atoms with Crippen LogP contribution in [0.15, 0.2) is 60.7 Å². The Kier molecular flexibility index (Phi) is 6.37. The minimum absolute atomic E-state index is 0.252. The Morgan fingerprint density at radius 2 is 1.50 bits per heavy atom. The number of aliphatic hydroxyl groups excluding tert-OH is 2. The summed E-state index contributed by atoms with van der Waals surface area (Å²) in [5, 5.41) is 22.3. The van der Waals surface area contributed by atoms with Gasteiger partial charge in [-0.25, -0.2) is 0 Å². The van der Waals surface area contributed by atoms with Crippen molar-refractivity contribution < 1.29 is 28.8 Å². The number of hydrogen-bond acceptors (Lipinski definition) is 6. The molecule has 2 heterocycles. The van der Waals surface area contributed by atoms with Gasteiger partial charge in [-0.3, -0.25) is 0 Å². The average molecular weight is 459 g/mol. The Labute approximate surface area is 191 Å². The summed E-state index contributed by atoms with van der Waals surface area (Å²) >= 11 is 0. The second kappa shape index (κ2) is 8.65. The molecule has 0 radical (unpaired) electrons. The summed E-state index contributed by atoms with van der Waals surface area (Å²) in [7, 11) is -2.93. The van der Waals surface area contributed by atoms with Crippen LogP contribution in [0.5, 0.6) is 0 Å². The highest BCUT2D eigenvalue weighted by Gasteiger charge is 2.61. The zero-order chi connectivity index (χ0) is 23.1. The third-order valence-electron chi connectivity index (χ3n) is 6.32. The maximum atomic E-state index is 10.6. The van der Waals surface area contributed by atoms with E-state index in [1.54, 1.807) is 0 Å². The van der Waals surface area contributed by atoms with Gasteiger partial charge in [0.1, 0.15) is 24.4 Å². The van der Waals surface area contributed by atoms with E-state index in [1.165, 1.54) is 0 Å². The molecule has 5 atom stereocenters. The third-order valence-corrected chi connectivity index (χ3v) is 11.4. The van der Waals surface area contributed by atoms with E-state index < -0.39 is 51.4 Å². The van der Waals surface area contributed by atoms with E-state index in [2.05, 4.69) is 45.0 Å². The molecule has 0 amide bonds. The number of ether oxygens (including phenoxy) is 3. The molecule has 0 saturated carbocycles. The maximum absolute atomic E-state index is 10.6. The predicted octanol–water partition coefficient (Wildman–Crippen LogP) is 2.16. The fourth-order valence-electron chi connectivity index (χ4n) is 4.95. The van der Waals surface area contributed by atoms with Gasteiger partial charge < -0.3 is 28.8 Å². The number of rotatable bonds is 6. The SMILES string of the molecule is CC1(C)O[C@@H]2O[C@@H]([C@@H](O)CO)[C@@H](O[Si](c3ccccc3)(c3ccccc3)C(C)(C)C)[C@@H]2O1. The van der Waals surface area contributed by atoms with Crippen molar-refractivity contribution >= 4 is 18.7 Å². The summed E-state index contributed by atoms with van der Waals surface area (Å²) in [6.45, 7) is 9.83. The molecule has 0 spiro atoms. The lowest BCUT2D eigenvalue weighted by Crippen LogP contribution is -2.69. The Bertz CT molecular complexity index is 858. The smallest absolute Gasteiger partial charge is 0.261 e. The van der Waals surface area contributed by atoms with Gasteiger partial charge in [0, 0.05) is 0 Å². The quantitative estimate of drug-likeness (QED) is 0.646. The van der Waals surface area contributed by atoms with Crippen molar-refractivity contribution in [1.29, 1.82) is 0 Å². The van der Waals surface area contributed by atoms with Crippen molar-refractivity contribution in [2.24, 2.45) is 0 Å². The Hall–Kier alpha value is -1.58. The highest BCUT2D eigenvalue weighted by molar-refractivity contribution is 6.99. The fraction of sp³-hybridized carbons (Fsp3) is 0.520. The summed E-state index contributed by atoms with van der Waals surface area (Å²) in [5.41, 5.74) is 0. The normalized spacial score (nSPS) is 28.5. The van der Waals surface area contributed by atoms with E-state index >= 15 is 0 Å². The molecule has 2 fully saturated rings. The number of aliphatic hydroxyl groups is 2. The molecule has 2 saturated heterocycles. The predicted molar refractivity (Wildman–Crippen MR) is 124 cm³/mol. The summed E-state index contributed by atoms with van der Waals surface area (Å²) in [5.74, 6) is -0.822. The van der Waals surface area contributed by atoms with Gasteiger partial charge in [-0.2, -0.15) is 0 Å². The van der Waals surface area contributed by atoms with Crippen LogP contribution in [0, 0.1) is 0 Å². The Balaban J connectivity index is 1.86. The van der Waals surface area contributed by atoms with Crippen LogP contribution in [0.1, 0.15) is 34.6 Å². The molecule has 2 N–H and O–H groups in total. The summed E-state index contributed by atoms with van der Waals surface area (Å²) in [6, 6.07) is 20.6. The second-order valence-electron chi connectivity index (χ2n) is 10.1. The van der Waals surface area contributed by atoms with Crippen LogP contribution in [-0.2, 0) is 18.6 Å². The molecule has 2 aliphatic heterocycles. The largest absolute Gasteiger partial charge is 0.399 e. The molecule has 0 unspecified atom stereocenters. The first-order chi connectivity index (χ1) is 15.1. The summed E-state index contributed by atoms with van der Waals surface area (Å²) in [4.78, 5) is 0. The van der Waals surface area contributed by atoms with Crippen LogP contribution in [-0.4, -0.2) is 61.6 Å². The third kappa shape index (κ3) is 4.07. The molecule has 2 aliphatic rings. The van der Waals surface area contributed by atoms with Crippen molar-refractivity contribution in [3.8, 4) is 0 Å². The van der Waals surface area contributed by atoms with E-state index in [9.17, 15) is 10.2 Å². The van der Waals surface area contributed by atoms with E-state index in [0.717, 1.165) is 10.4 Å². The molecule has 32 heavy (non-hydrogen) atoms. The second-order valence-corrected chi connectivity index (χ2v) is 14.3. The Morgan fingerprint density at radius 3 is 1.97 bits per heavy atom. The van der Waals surface area contributed by atoms with Crippen LogP contribution in [0.2, 0.25) is 5.04 Å². The molecule has 2 aromatic rings. The molecule has 0 aromatic heterocycles. The number of hydrogen-bond donors (Lipinski definition) is 2. The average Bonchev–Trinajstić information content (AvgIpc) is 3.23. The van der Waals surface area contributed by atoms with Gasteiger partial charge in [-0.15, -0.1) is 0 Å². The first-order valence-corrected chi connectivity index (χ1v) is 13.1. The lowest BCUT2D eigenvalue weighted by atomic mass is 10.1. The van der Waals surface area contributed by atoms with E-state index in [1.807, 2.05) is 50.2 Å². The zero-order valence-electron chi connectivity index (χ0n) is 19.4.